The van der Waals surface area contributed by atoms with Gasteiger partial charge in [-0.3, -0.25) is 4.98 Å². The zero-order valence-corrected chi connectivity index (χ0v) is 11.1. The molecule has 2 N–H and O–H groups in total. The molecule has 0 spiro atoms. The van der Waals surface area contributed by atoms with Gasteiger partial charge in [0.25, 0.3) is 0 Å². The summed E-state index contributed by atoms with van der Waals surface area (Å²) in [6, 6.07) is 7.72. The molecule has 0 aliphatic heterocycles. The van der Waals surface area contributed by atoms with Gasteiger partial charge in [-0.2, -0.15) is 0 Å². The molecule has 2 nitrogen and oxygen atoms in total. The number of anilines is 1. The highest BCUT2D eigenvalue weighted by Gasteiger charge is 2.02. The van der Waals surface area contributed by atoms with Gasteiger partial charge in [0.2, 0.25) is 0 Å². The van der Waals surface area contributed by atoms with E-state index in [1.165, 1.54) is 11.1 Å². The van der Waals surface area contributed by atoms with Gasteiger partial charge in [0, 0.05) is 28.7 Å². The van der Waals surface area contributed by atoms with E-state index in [2.05, 4.69) is 11.1 Å². The van der Waals surface area contributed by atoms with Crippen LogP contribution in [0.1, 0.15) is 11.1 Å². The van der Waals surface area contributed by atoms with Crippen molar-refractivity contribution in [3.8, 4) is 0 Å². The van der Waals surface area contributed by atoms with Gasteiger partial charge in [-0.25, -0.2) is 0 Å². The van der Waals surface area contributed by atoms with Crippen LogP contribution in [0.3, 0.4) is 0 Å². The highest BCUT2D eigenvalue weighted by molar-refractivity contribution is 7.98. The Kier molecular flexibility index (Phi) is 3.92. The maximum atomic E-state index is 6.11. The van der Waals surface area contributed by atoms with Gasteiger partial charge in [0.15, 0.2) is 0 Å². The van der Waals surface area contributed by atoms with Gasteiger partial charge in [0.05, 0.1) is 5.02 Å². The molecule has 0 aliphatic carbocycles. The molecular formula is C13H13ClN2S. The van der Waals surface area contributed by atoms with Crippen LogP contribution in [0.4, 0.5) is 5.69 Å². The maximum absolute atomic E-state index is 6.11. The average molecular weight is 265 g/mol. The Morgan fingerprint density at radius 2 is 2.12 bits per heavy atom. The number of nitrogens with zero attached hydrogens (tertiary/aromatic N) is 1. The lowest BCUT2D eigenvalue weighted by Crippen LogP contribution is -1.87. The first kappa shape index (κ1) is 12.3. The smallest absolute Gasteiger partial charge is 0.0562 e. The number of hydrogen-bond donors (Lipinski definition) is 1. The van der Waals surface area contributed by atoms with Crippen molar-refractivity contribution in [1.29, 1.82) is 0 Å². The Balaban J connectivity index is 2.07. The van der Waals surface area contributed by atoms with Gasteiger partial charge >= 0.3 is 0 Å². The summed E-state index contributed by atoms with van der Waals surface area (Å²) in [6.07, 6.45) is 3.73. The summed E-state index contributed by atoms with van der Waals surface area (Å²) in [6.45, 7) is 2.04. The van der Waals surface area contributed by atoms with E-state index in [9.17, 15) is 0 Å². The zero-order chi connectivity index (χ0) is 12.3. The predicted molar refractivity (Wildman–Crippen MR) is 74.4 cm³/mol. The van der Waals surface area contributed by atoms with Crippen LogP contribution in [0.5, 0.6) is 0 Å². The highest BCUT2D eigenvalue weighted by Crippen LogP contribution is 2.31. The molecule has 0 saturated carbocycles. The first-order chi connectivity index (χ1) is 8.15. The van der Waals surface area contributed by atoms with Crippen LogP contribution in [0.2, 0.25) is 5.02 Å². The van der Waals surface area contributed by atoms with Crippen LogP contribution < -0.4 is 5.73 Å². The van der Waals surface area contributed by atoms with Gasteiger partial charge in [-0.15, -0.1) is 11.8 Å². The molecule has 0 bridgehead atoms. The lowest BCUT2D eigenvalue weighted by Gasteiger charge is -2.05. The molecule has 1 aromatic carbocycles. The molecule has 0 unspecified atom stereocenters. The van der Waals surface area contributed by atoms with Crippen LogP contribution >= 0.6 is 23.4 Å². The Labute approximate surface area is 110 Å². The number of aromatic nitrogens is 1. The highest BCUT2D eigenvalue weighted by atomic mass is 35.5. The third-order valence-electron chi connectivity index (χ3n) is 2.28. The topological polar surface area (TPSA) is 38.9 Å². The van der Waals surface area contributed by atoms with Gasteiger partial charge in [-0.05, 0) is 36.2 Å². The molecule has 0 saturated heterocycles. The van der Waals surface area contributed by atoms with Crippen molar-refractivity contribution >= 4 is 29.1 Å². The average Bonchev–Trinajstić information content (AvgIpc) is 2.28. The van der Waals surface area contributed by atoms with E-state index in [1.54, 1.807) is 17.8 Å². The summed E-state index contributed by atoms with van der Waals surface area (Å²) >= 11 is 7.80. The van der Waals surface area contributed by atoms with Crippen molar-refractivity contribution in [2.75, 3.05) is 5.73 Å². The quantitative estimate of drug-likeness (QED) is 0.675. The fourth-order valence-corrected chi connectivity index (χ4v) is 2.69. The molecule has 0 atom stereocenters. The van der Waals surface area contributed by atoms with E-state index in [-0.39, 0.29) is 0 Å². The third kappa shape index (κ3) is 3.38. The second-order valence-electron chi connectivity index (χ2n) is 3.85. The second kappa shape index (κ2) is 5.43. The molecule has 0 fully saturated rings. The lowest BCUT2D eigenvalue weighted by molar-refractivity contribution is 1.20. The third-order valence-corrected chi connectivity index (χ3v) is 3.85. The van der Waals surface area contributed by atoms with Crippen LogP contribution in [0.15, 0.2) is 41.6 Å². The molecular weight excluding hydrogens is 252 g/mol. The van der Waals surface area contributed by atoms with E-state index < -0.39 is 0 Å². The predicted octanol–water partition coefficient (Wildman–Crippen LogP) is 3.92. The number of halogens is 1. The van der Waals surface area contributed by atoms with Crippen LogP contribution in [-0.2, 0) is 5.75 Å². The number of nitrogen functional groups attached to an aromatic ring is 1. The normalized spacial score (nSPS) is 10.5. The standard InChI is InChI=1S/C13H13ClN2S/c1-9-4-10(7-16-6-9)8-17-13-3-2-11(15)5-12(13)14/h2-7H,8,15H2,1H3. The van der Waals surface area contributed by atoms with Crippen LogP contribution in [-0.4, -0.2) is 4.98 Å². The van der Waals surface area contributed by atoms with Crippen LogP contribution in [0, 0.1) is 6.92 Å². The lowest BCUT2D eigenvalue weighted by atomic mass is 10.2. The van der Waals surface area contributed by atoms with Crippen molar-refractivity contribution in [3.63, 3.8) is 0 Å². The number of aryl methyl sites for hydroxylation is 1. The summed E-state index contributed by atoms with van der Waals surface area (Å²) in [5.74, 6) is 0.859. The monoisotopic (exact) mass is 264 g/mol. The summed E-state index contributed by atoms with van der Waals surface area (Å²) in [4.78, 5) is 5.21. The van der Waals surface area contributed by atoms with E-state index in [1.807, 2.05) is 31.5 Å². The minimum atomic E-state index is 0.691. The molecule has 2 aromatic rings. The van der Waals surface area contributed by atoms with Crippen molar-refractivity contribution in [1.82, 2.24) is 4.98 Å². The molecule has 1 aromatic heterocycles. The fraction of sp³-hybridized carbons (Fsp3) is 0.154. The van der Waals surface area contributed by atoms with Crippen molar-refractivity contribution in [3.05, 3.63) is 52.8 Å². The van der Waals surface area contributed by atoms with E-state index in [0.29, 0.717) is 10.7 Å². The minimum absolute atomic E-state index is 0.691. The molecule has 1 heterocycles. The molecule has 0 amide bonds. The Morgan fingerprint density at radius 1 is 1.29 bits per heavy atom. The van der Waals surface area contributed by atoms with E-state index >= 15 is 0 Å². The number of benzene rings is 1. The summed E-state index contributed by atoms with van der Waals surface area (Å²) in [7, 11) is 0. The van der Waals surface area contributed by atoms with Crippen molar-refractivity contribution in [2.24, 2.45) is 0 Å². The van der Waals surface area contributed by atoms with Gasteiger partial charge < -0.3 is 5.73 Å². The molecule has 0 radical (unpaired) electrons. The SMILES string of the molecule is Cc1cncc(CSc2ccc(N)cc2Cl)c1. The van der Waals surface area contributed by atoms with Crippen molar-refractivity contribution < 1.29 is 0 Å². The molecule has 17 heavy (non-hydrogen) atoms. The summed E-state index contributed by atoms with van der Waals surface area (Å²) < 4.78 is 0. The second-order valence-corrected chi connectivity index (χ2v) is 5.27. The fourth-order valence-electron chi connectivity index (χ4n) is 1.49. The summed E-state index contributed by atoms with van der Waals surface area (Å²) in [5, 5.41) is 0.704. The minimum Gasteiger partial charge on any atom is -0.399 e. The van der Waals surface area contributed by atoms with E-state index in [0.717, 1.165) is 10.6 Å². The van der Waals surface area contributed by atoms with Gasteiger partial charge in [-0.1, -0.05) is 17.7 Å². The summed E-state index contributed by atoms with van der Waals surface area (Å²) in [5.41, 5.74) is 8.71. The van der Waals surface area contributed by atoms with Crippen molar-refractivity contribution in [2.45, 2.75) is 17.6 Å². The first-order valence-electron chi connectivity index (χ1n) is 5.23. The number of rotatable bonds is 3. The first-order valence-corrected chi connectivity index (χ1v) is 6.60. The molecule has 88 valence electrons. The number of pyridine rings is 1. The maximum Gasteiger partial charge on any atom is 0.0562 e. The number of thioether (sulfide) groups is 1. The molecule has 2 rings (SSSR count). The van der Waals surface area contributed by atoms with Gasteiger partial charge in [0.1, 0.15) is 0 Å². The zero-order valence-electron chi connectivity index (χ0n) is 9.48. The molecule has 4 heteroatoms. The molecule has 0 aliphatic rings. The number of hydrogen-bond acceptors (Lipinski definition) is 3. The van der Waals surface area contributed by atoms with Crippen LogP contribution in [0.25, 0.3) is 0 Å². The Bertz CT molecular complexity index is 529. The number of nitrogens with two attached hydrogens (primary N) is 1. The Hall–Kier alpha value is -1.19. The van der Waals surface area contributed by atoms with E-state index in [4.69, 9.17) is 17.3 Å². The largest absolute Gasteiger partial charge is 0.399 e. The Morgan fingerprint density at radius 3 is 2.82 bits per heavy atom.